The third kappa shape index (κ3) is 2.70. The number of amides is 1. The lowest BCUT2D eigenvalue weighted by Crippen LogP contribution is -2.45. The number of Topliss-reactive ketones (excluding diaryl/α,β-unsaturated/α-hetero) is 1. The van der Waals surface area contributed by atoms with Gasteiger partial charge in [-0.1, -0.05) is 0 Å². The number of carbonyl (C=O) groups is 2. The molecule has 1 aliphatic rings. The average molecular weight is 201 g/mol. The van der Waals surface area contributed by atoms with Gasteiger partial charge in [0.15, 0.2) is 5.78 Å². The molecule has 1 rings (SSSR count). The van der Waals surface area contributed by atoms with Gasteiger partial charge in [-0.15, -0.1) is 0 Å². The van der Waals surface area contributed by atoms with E-state index in [0.29, 0.717) is 13.2 Å². The Balaban J connectivity index is 2.54. The maximum atomic E-state index is 11.3. The van der Waals surface area contributed by atoms with Crippen molar-refractivity contribution in [2.24, 2.45) is 5.92 Å². The van der Waals surface area contributed by atoms with E-state index in [1.165, 1.54) is 14.0 Å². The number of hydrogen-bond acceptors (Lipinski definition) is 4. The highest BCUT2D eigenvalue weighted by Crippen LogP contribution is 2.17. The van der Waals surface area contributed by atoms with Crippen molar-refractivity contribution in [3.05, 3.63) is 0 Å². The van der Waals surface area contributed by atoms with Gasteiger partial charge in [0.2, 0.25) is 0 Å². The molecule has 0 spiro atoms. The zero-order valence-corrected chi connectivity index (χ0v) is 8.41. The van der Waals surface area contributed by atoms with Crippen LogP contribution in [0.1, 0.15) is 13.3 Å². The number of rotatable bonds is 3. The first-order valence-electron chi connectivity index (χ1n) is 4.58. The molecule has 0 aliphatic carbocycles. The summed E-state index contributed by atoms with van der Waals surface area (Å²) in [6.45, 7) is 2.63. The molecule has 1 fully saturated rings. The summed E-state index contributed by atoms with van der Waals surface area (Å²) in [6, 6.07) is -0.482. The van der Waals surface area contributed by atoms with Gasteiger partial charge in [-0.25, -0.2) is 4.79 Å². The quantitative estimate of drug-likeness (QED) is 0.715. The molecule has 14 heavy (non-hydrogen) atoms. The van der Waals surface area contributed by atoms with E-state index in [0.717, 1.165) is 6.42 Å². The number of ether oxygens (including phenoxy) is 2. The number of ketones is 1. The summed E-state index contributed by atoms with van der Waals surface area (Å²) in [7, 11) is 1.28. The fourth-order valence-corrected chi connectivity index (χ4v) is 1.55. The highest BCUT2D eigenvalue weighted by molar-refractivity contribution is 5.85. The third-order valence-electron chi connectivity index (χ3n) is 2.33. The van der Waals surface area contributed by atoms with Crippen molar-refractivity contribution in [1.82, 2.24) is 5.32 Å². The van der Waals surface area contributed by atoms with Crippen LogP contribution in [-0.4, -0.2) is 38.2 Å². The Morgan fingerprint density at radius 1 is 1.57 bits per heavy atom. The largest absolute Gasteiger partial charge is 0.453 e. The zero-order valence-electron chi connectivity index (χ0n) is 8.41. The van der Waals surface area contributed by atoms with Crippen LogP contribution in [0.3, 0.4) is 0 Å². The molecule has 0 saturated carbocycles. The van der Waals surface area contributed by atoms with Crippen molar-refractivity contribution in [3.8, 4) is 0 Å². The van der Waals surface area contributed by atoms with Crippen LogP contribution in [-0.2, 0) is 14.3 Å². The predicted octanol–water partition coefficient (Wildman–Crippen LogP) is 0.336. The topological polar surface area (TPSA) is 64.6 Å². The lowest BCUT2D eigenvalue weighted by molar-refractivity contribution is -0.120. The SMILES string of the molecule is COC(=O)NC(C(C)=O)C1CCOC1. The lowest BCUT2D eigenvalue weighted by atomic mass is 9.96. The van der Waals surface area contributed by atoms with Crippen LogP contribution in [0.2, 0.25) is 0 Å². The molecule has 5 nitrogen and oxygen atoms in total. The lowest BCUT2D eigenvalue weighted by Gasteiger charge is -2.19. The molecule has 2 unspecified atom stereocenters. The van der Waals surface area contributed by atoms with Crippen LogP contribution < -0.4 is 5.32 Å². The van der Waals surface area contributed by atoms with Crippen molar-refractivity contribution >= 4 is 11.9 Å². The summed E-state index contributed by atoms with van der Waals surface area (Å²) in [5.41, 5.74) is 0. The Labute approximate surface area is 82.8 Å². The molecule has 5 heteroatoms. The van der Waals surface area contributed by atoms with Gasteiger partial charge < -0.3 is 14.8 Å². The molecule has 2 atom stereocenters. The van der Waals surface area contributed by atoms with E-state index < -0.39 is 12.1 Å². The second-order valence-corrected chi connectivity index (χ2v) is 3.35. The molecule has 0 aromatic heterocycles. The monoisotopic (exact) mass is 201 g/mol. The van der Waals surface area contributed by atoms with E-state index in [4.69, 9.17) is 4.74 Å². The highest BCUT2D eigenvalue weighted by Gasteiger charge is 2.30. The summed E-state index contributed by atoms with van der Waals surface area (Å²) < 4.78 is 9.61. The first kappa shape index (κ1) is 11.0. The van der Waals surface area contributed by atoms with E-state index in [1.807, 2.05) is 0 Å². The van der Waals surface area contributed by atoms with Crippen LogP contribution in [0.4, 0.5) is 4.79 Å². The first-order chi connectivity index (χ1) is 6.65. The molecule has 1 heterocycles. The summed E-state index contributed by atoms with van der Waals surface area (Å²) in [5.74, 6) is 0.0116. The van der Waals surface area contributed by atoms with Gasteiger partial charge >= 0.3 is 6.09 Å². The predicted molar refractivity (Wildman–Crippen MR) is 48.9 cm³/mol. The second kappa shape index (κ2) is 4.95. The van der Waals surface area contributed by atoms with Gasteiger partial charge in [-0.3, -0.25) is 4.79 Å². The maximum Gasteiger partial charge on any atom is 0.407 e. The Morgan fingerprint density at radius 3 is 2.71 bits per heavy atom. The Morgan fingerprint density at radius 2 is 2.29 bits per heavy atom. The van der Waals surface area contributed by atoms with Gasteiger partial charge in [-0.2, -0.15) is 0 Å². The normalized spacial score (nSPS) is 22.9. The van der Waals surface area contributed by atoms with Gasteiger partial charge in [0.1, 0.15) is 0 Å². The van der Waals surface area contributed by atoms with Crippen molar-refractivity contribution in [3.63, 3.8) is 0 Å². The molecular weight excluding hydrogens is 186 g/mol. The molecule has 1 N–H and O–H groups in total. The standard InChI is InChI=1S/C9H15NO4/c1-6(11)8(10-9(12)13-2)7-3-4-14-5-7/h7-8H,3-5H2,1-2H3,(H,10,12). The Bertz CT molecular complexity index is 223. The minimum absolute atomic E-state index is 0.0640. The van der Waals surface area contributed by atoms with E-state index in [1.54, 1.807) is 0 Å². The molecule has 1 aliphatic heterocycles. The van der Waals surface area contributed by atoms with Crippen LogP contribution in [0.25, 0.3) is 0 Å². The number of alkyl carbamates (subject to hydrolysis) is 1. The fraction of sp³-hybridized carbons (Fsp3) is 0.778. The van der Waals surface area contributed by atoms with Gasteiger partial charge in [-0.05, 0) is 13.3 Å². The van der Waals surface area contributed by atoms with E-state index in [9.17, 15) is 9.59 Å². The summed E-state index contributed by atoms with van der Waals surface area (Å²) in [6.07, 6.45) is 0.228. The van der Waals surface area contributed by atoms with Crippen LogP contribution in [0.15, 0.2) is 0 Å². The molecule has 0 aromatic carbocycles. The van der Waals surface area contributed by atoms with E-state index in [-0.39, 0.29) is 11.7 Å². The number of hydrogen-bond donors (Lipinski definition) is 1. The number of carbonyl (C=O) groups excluding carboxylic acids is 2. The fourth-order valence-electron chi connectivity index (χ4n) is 1.55. The van der Waals surface area contributed by atoms with Crippen LogP contribution in [0, 0.1) is 5.92 Å². The zero-order chi connectivity index (χ0) is 10.6. The third-order valence-corrected chi connectivity index (χ3v) is 2.33. The van der Waals surface area contributed by atoms with Crippen molar-refractivity contribution in [2.75, 3.05) is 20.3 Å². The minimum Gasteiger partial charge on any atom is -0.453 e. The van der Waals surface area contributed by atoms with E-state index in [2.05, 4.69) is 10.1 Å². The average Bonchev–Trinajstić information content (AvgIpc) is 2.65. The molecule has 0 radical (unpaired) electrons. The second-order valence-electron chi connectivity index (χ2n) is 3.35. The maximum absolute atomic E-state index is 11.3. The molecule has 1 amide bonds. The van der Waals surface area contributed by atoms with Crippen LogP contribution >= 0.6 is 0 Å². The molecular formula is C9H15NO4. The molecule has 0 bridgehead atoms. The molecule has 80 valence electrons. The smallest absolute Gasteiger partial charge is 0.407 e. The summed E-state index contributed by atoms with van der Waals surface area (Å²) in [5, 5.41) is 2.52. The van der Waals surface area contributed by atoms with E-state index >= 15 is 0 Å². The summed E-state index contributed by atoms with van der Waals surface area (Å²) in [4.78, 5) is 22.2. The van der Waals surface area contributed by atoms with Gasteiger partial charge in [0.05, 0.1) is 19.8 Å². The first-order valence-corrected chi connectivity index (χ1v) is 4.58. The minimum atomic E-state index is -0.572. The number of nitrogens with one attached hydrogen (secondary N) is 1. The van der Waals surface area contributed by atoms with Crippen molar-refractivity contribution in [2.45, 2.75) is 19.4 Å². The summed E-state index contributed by atoms with van der Waals surface area (Å²) >= 11 is 0. The van der Waals surface area contributed by atoms with Gasteiger partial charge in [0, 0.05) is 12.5 Å². The Hall–Kier alpha value is -1.10. The van der Waals surface area contributed by atoms with Crippen molar-refractivity contribution in [1.29, 1.82) is 0 Å². The van der Waals surface area contributed by atoms with Crippen molar-refractivity contribution < 1.29 is 19.1 Å². The Kier molecular flexibility index (Phi) is 3.88. The van der Waals surface area contributed by atoms with Gasteiger partial charge in [0.25, 0.3) is 0 Å². The molecule has 1 saturated heterocycles. The highest BCUT2D eigenvalue weighted by atomic mass is 16.5. The molecule has 0 aromatic rings. The van der Waals surface area contributed by atoms with Crippen LogP contribution in [0.5, 0.6) is 0 Å². The number of methoxy groups -OCH3 is 1.